The molecule has 5 heteroatoms. The van der Waals surface area contributed by atoms with E-state index in [-0.39, 0.29) is 12.3 Å². The largest absolute Gasteiger partial charge is 0.481 e. The highest BCUT2D eigenvalue weighted by atomic mass is 79.9. The normalized spacial score (nSPS) is 20.0. The molecule has 1 aliphatic rings. The first-order chi connectivity index (χ1) is 7.08. The summed E-state index contributed by atoms with van der Waals surface area (Å²) in [4.78, 5) is 15.0. The van der Waals surface area contributed by atoms with Crippen LogP contribution in [-0.2, 0) is 17.8 Å². The number of halogens is 1. The van der Waals surface area contributed by atoms with E-state index in [0.717, 1.165) is 35.5 Å². The number of aliphatic carboxylic acids is 1. The summed E-state index contributed by atoms with van der Waals surface area (Å²) in [6.07, 6.45) is 1.95. The fourth-order valence-electron chi connectivity index (χ4n) is 2.08. The maximum absolute atomic E-state index is 10.6. The molecule has 1 unspecified atom stereocenters. The zero-order valence-electron chi connectivity index (χ0n) is 8.53. The second-order valence-corrected chi connectivity index (χ2v) is 4.76. The standard InChI is InChI=1S/C10H13BrN2O2/c1-6-10(11)13-3-2-7(5-9(14)15)4-8(13)12-6/h7H,2-5H2,1H3,(H,14,15). The SMILES string of the molecule is Cc1nc2n(c1Br)CCC(CC(=O)O)C2. The monoisotopic (exact) mass is 272 g/mol. The number of carbonyl (C=O) groups is 1. The van der Waals surface area contributed by atoms with Crippen LogP contribution < -0.4 is 0 Å². The summed E-state index contributed by atoms with van der Waals surface area (Å²) in [5, 5.41) is 8.74. The number of fused-ring (bicyclic) bond motifs is 1. The highest BCUT2D eigenvalue weighted by Gasteiger charge is 2.24. The lowest BCUT2D eigenvalue weighted by Gasteiger charge is -2.22. The first-order valence-corrected chi connectivity index (χ1v) is 5.80. The van der Waals surface area contributed by atoms with Crippen molar-refractivity contribution in [3.05, 3.63) is 16.1 Å². The van der Waals surface area contributed by atoms with Crippen LogP contribution in [0, 0.1) is 12.8 Å². The van der Waals surface area contributed by atoms with Crippen molar-refractivity contribution in [2.24, 2.45) is 5.92 Å². The number of carboxylic acid groups (broad SMARTS) is 1. The quantitative estimate of drug-likeness (QED) is 0.896. The van der Waals surface area contributed by atoms with Crippen LogP contribution >= 0.6 is 15.9 Å². The van der Waals surface area contributed by atoms with E-state index in [0.29, 0.717) is 0 Å². The third kappa shape index (κ3) is 2.07. The average Bonchev–Trinajstić information content (AvgIpc) is 2.41. The molecule has 2 heterocycles. The topological polar surface area (TPSA) is 55.1 Å². The van der Waals surface area contributed by atoms with Gasteiger partial charge < -0.3 is 9.67 Å². The fourth-order valence-corrected chi connectivity index (χ4v) is 2.56. The second-order valence-electron chi connectivity index (χ2n) is 4.01. The Morgan fingerprint density at radius 2 is 2.47 bits per heavy atom. The summed E-state index contributed by atoms with van der Waals surface area (Å²) in [6, 6.07) is 0. The van der Waals surface area contributed by atoms with Crippen molar-refractivity contribution in [1.82, 2.24) is 9.55 Å². The van der Waals surface area contributed by atoms with E-state index in [1.807, 2.05) is 6.92 Å². The third-order valence-electron chi connectivity index (χ3n) is 2.84. The molecule has 15 heavy (non-hydrogen) atoms. The maximum Gasteiger partial charge on any atom is 0.303 e. The zero-order chi connectivity index (χ0) is 11.0. The fraction of sp³-hybridized carbons (Fsp3) is 0.600. The number of imidazole rings is 1. The zero-order valence-corrected chi connectivity index (χ0v) is 10.1. The van der Waals surface area contributed by atoms with Gasteiger partial charge in [-0.15, -0.1) is 0 Å². The van der Waals surface area contributed by atoms with Gasteiger partial charge in [-0.2, -0.15) is 0 Å². The Morgan fingerprint density at radius 1 is 1.73 bits per heavy atom. The number of hydrogen-bond donors (Lipinski definition) is 1. The summed E-state index contributed by atoms with van der Waals surface area (Å²) in [7, 11) is 0. The maximum atomic E-state index is 10.6. The Hall–Kier alpha value is -0.840. The van der Waals surface area contributed by atoms with E-state index in [4.69, 9.17) is 5.11 Å². The minimum atomic E-state index is -0.712. The molecule has 1 N–H and O–H groups in total. The molecular formula is C10H13BrN2O2. The van der Waals surface area contributed by atoms with E-state index < -0.39 is 5.97 Å². The molecule has 1 aromatic rings. The van der Waals surface area contributed by atoms with Gasteiger partial charge in [-0.1, -0.05) is 0 Å². The smallest absolute Gasteiger partial charge is 0.303 e. The van der Waals surface area contributed by atoms with E-state index >= 15 is 0 Å². The second kappa shape index (κ2) is 3.96. The molecule has 0 spiro atoms. The molecule has 0 amide bonds. The molecule has 2 rings (SSSR count). The molecule has 1 aromatic heterocycles. The summed E-state index contributed by atoms with van der Waals surface area (Å²) in [5.74, 6) is 0.538. The van der Waals surface area contributed by atoms with Crippen molar-refractivity contribution < 1.29 is 9.90 Å². The van der Waals surface area contributed by atoms with Gasteiger partial charge in [0.15, 0.2) is 0 Å². The third-order valence-corrected chi connectivity index (χ3v) is 3.84. The number of rotatable bonds is 2. The van der Waals surface area contributed by atoms with Crippen LogP contribution in [-0.4, -0.2) is 20.6 Å². The predicted molar refractivity (Wildman–Crippen MR) is 58.7 cm³/mol. The minimum Gasteiger partial charge on any atom is -0.481 e. The highest BCUT2D eigenvalue weighted by molar-refractivity contribution is 9.10. The van der Waals surface area contributed by atoms with Crippen LogP contribution in [0.25, 0.3) is 0 Å². The lowest BCUT2D eigenvalue weighted by molar-refractivity contribution is -0.138. The van der Waals surface area contributed by atoms with Gasteiger partial charge in [0.2, 0.25) is 0 Å². The summed E-state index contributed by atoms with van der Waals surface area (Å²) < 4.78 is 3.17. The molecule has 0 radical (unpaired) electrons. The van der Waals surface area contributed by atoms with E-state index in [9.17, 15) is 4.79 Å². The van der Waals surface area contributed by atoms with Gasteiger partial charge in [-0.05, 0) is 35.2 Å². The van der Waals surface area contributed by atoms with Gasteiger partial charge in [0, 0.05) is 19.4 Å². The lowest BCUT2D eigenvalue weighted by atomic mass is 9.94. The van der Waals surface area contributed by atoms with Gasteiger partial charge in [0.1, 0.15) is 10.4 Å². The Morgan fingerprint density at radius 3 is 3.13 bits per heavy atom. The van der Waals surface area contributed by atoms with E-state index in [2.05, 4.69) is 25.5 Å². The van der Waals surface area contributed by atoms with Crippen LogP contribution in [0.2, 0.25) is 0 Å². The molecule has 0 fully saturated rings. The van der Waals surface area contributed by atoms with Gasteiger partial charge in [0.05, 0.1) is 5.69 Å². The van der Waals surface area contributed by atoms with Crippen LogP contribution in [0.4, 0.5) is 0 Å². The molecular weight excluding hydrogens is 260 g/mol. The lowest BCUT2D eigenvalue weighted by Crippen LogP contribution is -2.21. The first-order valence-electron chi connectivity index (χ1n) is 5.01. The van der Waals surface area contributed by atoms with Crippen LogP contribution in [0.5, 0.6) is 0 Å². The predicted octanol–water partition coefficient (Wildman–Crippen LogP) is 1.99. The van der Waals surface area contributed by atoms with Crippen LogP contribution in [0.3, 0.4) is 0 Å². The molecule has 0 aromatic carbocycles. The summed E-state index contributed by atoms with van der Waals surface area (Å²) in [5.41, 5.74) is 0.987. The van der Waals surface area contributed by atoms with Gasteiger partial charge in [-0.25, -0.2) is 4.98 Å². The van der Waals surface area contributed by atoms with Gasteiger partial charge in [-0.3, -0.25) is 4.79 Å². The van der Waals surface area contributed by atoms with Crippen LogP contribution in [0.15, 0.2) is 4.60 Å². The molecule has 1 aliphatic heterocycles. The highest BCUT2D eigenvalue weighted by Crippen LogP contribution is 2.27. The van der Waals surface area contributed by atoms with Gasteiger partial charge in [0.25, 0.3) is 0 Å². The molecule has 0 saturated heterocycles. The molecule has 1 atom stereocenters. The molecule has 0 aliphatic carbocycles. The summed E-state index contributed by atoms with van der Waals surface area (Å²) in [6.45, 7) is 2.83. The number of nitrogens with zero attached hydrogens (tertiary/aromatic N) is 2. The number of carboxylic acids is 1. The van der Waals surface area contributed by atoms with E-state index in [1.165, 1.54) is 0 Å². The average molecular weight is 273 g/mol. The van der Waals surface area contributed by atoms with Crippen molar-refractivity contribution in [3.8, 4) is 0 Å². The number of hydrogen-bond acceptors (Lipinski definition) is 2. The van der Waals surface area contributed by atoms with Crippen molar-refractivity contribution in [1.29, 1.82) is 0 Å². The van der Waals surface area contributed by atoms with Crippen molar-refractivity contribution in [2.45, 2.75) is 32.7 Å². The number of aromatic nitrogens is 2. The van der Waals surface area contributed by atoms with Crippen LogP contribution in [0.1, 0.15) is 24.4 Å². The van der Waals surface area contributed by atoms with E-state index in [1.54, 1.807) is 0 Å². The Balaban J connectivity index is 2.16. The Kier molecular flexibility index (Phi) is 2.82. The summed E-state index contributed by atoms with van der Waals surface area (Å²) >= 11 is 3.49. The molecule has 82 valence electrons. The van der Waals surface area contributed by atoms with Gasteiger partial charge >= 0.3 is 5.97 Å². The molecule has 4 nitrogen and oxygen atoms in total. The Bertz CT molecular complexity index is 400. The number of aryl methyl sites for hydroxylation is 1. The first kappa shape index (κ1) is 10.7. The Labute approximate surface area is 96.4 Å². The van der Waals surface area contributed by atoms with Crippen molar-refractivity contribution >= 4 is 21.9 Å². The molecule has 0 bridgehead atoms. The van der Waals surface area contributed by atoms with Crippen molar-refractivity contribution in [3.63, 3.8) is 0 Å². The molecule has 0 saturated carbocycles. The minimum absolute atomic E-state index is 0.240. The van der Waals surface area contributed by atoms with Crippen molar-refractivity contribution in [2.75, 3.05) is 0 Å².